The molecule has 76 valence electrons. The zero-order valence-electron chi connectivity index (χ0n) is 7.93. The fourth-order valence-electron chi connectivity index (χ4n) is 2.10. The molecule has 4 nitrogen and oxygen atoms in total. The Labute approximate surface area is 77.5 Å². The minimum atomic E-state index is -0.668. The molecular formula is C9H16O4. The molecule has 0 bridgehead atoms. The Kier molecular flexibility index (Phi) is 2.11. The second-order valence-corrected chi connectivity index (χ2v) is 4.32. The van der Waals surface area contributed by atoms with Crippen molar-refractivity contribution in [3.8, 4) is 0 Å². The van der Waals surface area contributed by atoms with E-state index in [0.717, 1.165) is 0 Å². The van der Waals surface area contributed by atoms with Crippen molar-refractivity contribution in [3.05, 3.63) is 0 Å². The molecule has 2 N–H and O–H groups in total. The van der Waals surface area contributed by atoms with E-state index in [9.17, 15) is 10.2 Å². The zero-order chi connectivity index (χ0) is 9.64. The second-order valence-electron chi connectivity index (χ2n) is 4.32. The molecule has 1 unspecified atom stereocenters. The normalized spacial score (nSPS) is 48.9. The summed E-state index contributed by atoms with van der Waals surface area (Å²) < 4.78 is 11.2. The Bertz CT molecular complexity index is 184. The van der Waals surface area contributed by atoms with Gasteiger partial charge in [0, 0.05) is 12.8 Å². The van der Waals surface area contributed by atoms with Gasteiger partial charge in [0.25, 0.3) is 0 Å². The lowest BCUT2D eigenvalue weighted by atomic mass is 9.90. The third kappa shape index (κ3) is 1.72. The molecule has 2 fully saturated rings. The standard InChI is InChI=1S/C9H16O4/c1-9(2)12-7-3-5(10)6(11)4-8(7)13-9/h5-8,10-11H,3-4H2,1-2H3/t5-,6?,7+,8-/m1/s1. The van der Waals surface area contributed by atoms with E-state index in [4.69, 9.17) is 9.47 Å². The first-order valence-corrected chi connectivity index (χ1v) is 4.70. The summed E-state index contributed by atoms with van der Waals surface area (Å²) in [6.07, 6.45) is -0.524. The largest absolute Gasteiger partial charge is 0.390 e. The number of aliphatic hydroxyl groups is 2. The third-order valence-electron chi connectivity index (χ3n) is 2.68. The predicted octanol–water partition coefficient (Wildman–Crippen LogP) is 0.0221. The SMILES string of the molecule is CC1(C)O[C@H]2C[C@@H](O)C(O)C[C@H]2O1. The highest BCUT2D eigenvalue weighted by Gasteiger charge is 2.46. The Balaban J connectivity index is 2.05. The van der Waals surface area contributed by atoms with Crippen LogP contribution in [0, 0.1) is 0 Å². The van der Waals surface area contributed by atoms with Crippen molar-refractivity contribution in [2.75, 3.05) is 0 Å². The smallest absolute Gasteiger partial charge is 0.163 e. The summed E-state index contributed by atoms with van der Waals surface area (Å²) in [4.78, 5) is 0. The van der Waals surface area contributed by atoms with E-state index in [1.807, 2.05) is 13.8 Å². The summed E-state index contributed by atoms with van der Waals surface area (Å²) in [5.74, 6) is -0.570. The van der Waals surface area contributed by atoms with Gasteiger partial charge >= 0.3 is 0 Å². The maximum atomic E-state index is 9.41. The van der Waals surface area contributed by atoms with Crippen LogP contribution in [0.4, 0.5) is 0 Å². The van der Waals surface area contributed by atoms with Crippen molar-refractivity contribution in [2.45, 2.75) is 56.9 Å². The van der Waals surface area contributed by atoms with Crippen molar-refractivity contribution < 1.29 is 19.7 Å². The van der Waals surface area contributed by atoms with E-state index in [-0.39, 0.29) is 12.2 Å². The van der Waals surface area contributed by atoms with Crippen molar-refractivity contribution >= 4 is 0 Å². The maximum Gasteiger partial charge on any atom is 0.163 e. The molecule has 0 aromatic rings. The molecule has 1 aliphatic heterocycles. The van der Waals surface area contributed by atoms with Gasteiger partial charge in [0.05, 0.1) is 24.4 Å². The highest BCUT2D eigenvalue weighted by molar-refractivity contribution is 4.92. The van der Waals surface area contributed by atoms with Crippen LogP contribution in [-0.4, -0.2) is 40.4 Å². The lowest BCUT2D eigenvalue weighted by Gasteiger charge is -2.30. The van der Waals surface area contributed by atoms with Gasteiger partial charge in [0.2, 0.25) is 0 Å². The number of ether oxygens (including phenoxy) is 2. The first kappa shape index (κ1) is 9.40. The minimum Gasteiger partial charge on any atom is -0.390 e. The van der Waals surface area contributed by atoms with E-state index >= 15 is 0 Å². The van der Waals surface area contributed by atoms with Gasteiger partial charge in [-0.15, -0.1) is 0 Å². The zero-order valence-corrected chi connectivity index (χ0v) is 7.93. The number of rotatable bonds is 0. The average Bonchev–Trinajstić information content (AvgIpc) is 2.24. The first-order chi connectivity index (χ1) is 5.98. The molecule has 1 aliphatic carbocycles. The molecule has 1 saturated heterocycles. The van der Waals surface area contributed by atoms with Crippen molar-refractivity contribution in [2.24, 2.45) is 0 Å². The van der Waals surface area contributed by atoms with Crippen molar-refractivity contribution in [3.63, 3.8) is 0 Å². The molecule has 0 aromatic carbocycles. The van der Waals surface area contributed by atoms with Gasteiger partial charge in [0.15, 0.2) is 5.79 Å². The fourth-order valence-corrected chi connectivity index (χ4v) is 2.10. The van der Waals surface area contributed by atoms with Gasteiger partial charge in [-0.2, -0.15) is 0 Å². The van der Waals surface area contributed by atoms with E-state index in [1.165, 1.54) is 0 Å². The molecule has 2 rings (SSSR count). The Hall–Kier alpha value is -0.160. The summed E-state index contributed by atoms with van der Waals surface area (Å²) in [7, 11) is 0. The van der Waals surface area contributed by atoms with Crippen LogP contribution in [0.25, 0.3) is 0 Å². The number of aliphatic hydroxyl groups excluding tert-OH is 2. The van der Waals surface area contributed by atoms with Crippen LogP contribution >= 0.6 is 0 Å². The molecule has 1 saturated carbocycles. The quantitative estimate of drug-likeness (QED) is 0.562. The molecule has 4 heteroatoms. The highest BCUT2D eigenvalue weighted by atomic mass is 16.8. The Morgan fingerprint density at radius 1 is 1.00 bits per heavy atom. The maximum absolute atomic E-state index is 9.41. The molecule has 2 aliphatic rings. The van der Waals surface area contributed by atoms with Gasteiger partial charge in [0.1, 0.15) is 0 Å². The van der Waals surface area contributed by atoms with Crippen LogP contribution < -0.4 is 0 Å². The van der Waals surface area contributed by atoms with Gasteiger partial charge in [-0.1, -0.05) is 0 Å². The lowest BCUT2D eigenvalue weighted by molar-refractivity contribution is -0.146. The summed E-state index contributed by atoms with van der Waals surface area (Å²) in [6.45, 7) is 3.70. The summed E-state index contributed by atoms with van der Waals surface area (Å²) in [5, 5.41) is 18.8. The monoisotopic (exact) mass is 188 g/mol. The summed E-state index contributed by atoms with van der Waals surface area (Å²) in [5.41, 5.74) is 0. The molecule has 4 atom stereocenters. The predicted molar refractivity (Wildman–Crippen MR) is 45.1 cm³/mol. The van der Waals surface area contributed by atoms with E-state index in [1.54, 1.807) is 0 Å². The van der Waals surface area contributed by atoms with E-state index < -0.39 is 18.0 Å². The van der Waals surface area contributed by atoms with E-state index in [2.05, 4.69) is 0 Å². The highest BCUT2D eigenvalue weighted by Crippen LogP contribution is 2.36. The number of hydrogen-bond donors (Lipinski definition) is 2. The van der Waals surface area contributed by atoms with Crippen LogP contribution in [0.15, 0.2) is 0 Å². The molecule has 1 heterocycles. The lowest BCUT2D eigenvalue weighted by Crippen LogP contribution is -2.43. The summed E-state index contributed by atoms with van der Waals surface area (Å²) >= 11 is 0. The topological polar surface area (TPSA) is 58.9 Å². The molecule has 0 aromatic heterocycles. The molecule has 0 amide bonds. The number of hydrogen-bond acceptors (Lipinski definition) is 4. The van der Waals surface area contributed by atoms with Crippen LogP contribution in [0.2, 0.25) is 0 Å². The molecular weight excluding hydrogens is 172 g/mol. The second kappa shape index (κ2) is 2.92. The van der Waals surface area contributed by atoms with Crippen LogP contribution in [0.1, 0.15) is 26.7 Å². The van der Waals surface area contributed by atoms with Gasteiger partial charge in [-0.25, -0.2) is 0 Å². The Morgan fingerprint density at radius 3 is 1.77 bits per heavy atom. The van der Waals surface area contributed by atoms with Crippen molar-refractivity contribution in [1.82, 2.24) is 0 Å². The Morgan fingerprint density at radius 2 is 1.38 bits per heavy atom. The van der Waals surface area contributed by atoms with Crippen molar-refractivity contribution in [1.29, 1.82) is 0 Å². The third-order valence-corrected chi connectivity index (χ3v) is 2.68. The average molecular weight is 188 g/mol. The van der Waals surface area contributed by atoms with Crippen LogP contribution in [0.3, 0.4) is 0 Å². The first-order valence-electron chi connectivity index (χ1n) is 4.70. The van der Waals surface area contributed by atoms with Gasteiger partial charge in [-0.3, -0.25) is 0 Å². The van der Waals surface area contributed by atoms with Gasteiger partial charge < -0.3 is 19.7 Å². The van der Waals surface area contributed by atoms with Gasteiger partial charge in [-0.05, 0) is 13.8 Å². The van der Waals surface area contributed by atoms with Crippen LogP contribution in [-0.2, 0) is 9.47 Å². The minimum absolute atomic E-state index is 0.0617. The molecule has 0 spiro atoms. The summed E-state index contributed by atoms with van der Waals surface area (Å²) in [6, 6.07) is 0. The molecule has 0 radical (unpaired) electrons. The van der Waals surface area contributed by atoms with Crippen LogP contribution in [0.5, 0.6) is 0 Å². The molecule has 13 heavy (non-hydrogen) atoms. The van der Waals surface area contributed by atoms with E-state index in [0.29, 0.717) is 12.8 Å². The fraction of sp³-hybridized carbons (Fsp3) is 1.00. The number of fused-ring (bicyclic) bond motifs is 1.